The fraction of sp³-hybridized carbons (Fsp3) is 0.222. The van der Waals surface area contributed by atoms with Gasteiger partial charge in [0, 0.05) is 11.9 Å². The van der Waals surface area contributed by atoms with Gasteiger partial charge in [0.25, 0.3) is 5.91 Å². The Morgan fingerprint density at radius 3 is 2.25 bits per heavy atom. The first-order valence-corrected chi connectivity index (χ1v) is 9.43. The molecule has 0 spiro atoms. The number of esters is 1. The lowest BCUT2D eigenvalue weighted by Crippen LogP contribution is -2.30. The van der Waals surface area contributed by atoms with Crippen LogP contribution in [0.5, 0.6) is 5.75 Å². The van der Waals surface area contributed by atoms with E-state index in [0.717, 1.165) is 12.1 Å². The maximum absolute atomic E-state index is 12.3. The zero-order valence-corrected chi connectivity index (χ0v) is 15.6. The molecule has 0 radical (unpaired) electrons. The second kappa shape index (κ2) is 8.87. The number of hydrogen-bond donors (Lipinski definition) is 1. The van der Waals surface area contributed by atoms with Gasteiger partial charge in [-0.2, -0.15) is 0 Å². The molecule has 0 aliphatic rings. The lowest BCUT2D eigenvalue weighted by molar-refractivity contribution is -0.274. The molecule has 2 aromatic rings. The monoisotopic (exact) mass is 415 g/mol. The summed E-state index contributed by atoms with van der Waals surface area (Å²) in [6, 6.07) is 10.6. The topological polar surface area (TPSA) is 81.7 Å². The number of alkyl halides is 3. The van der Waals surface area contributed by atoms with Crippen molar-refractivity contribution >= 4 is 28.4 Å². The van der Waals surface area contributed by atoms with Crippen molar-refractivity contribution in [2.24, 2.45) is 0 Å². The van der Waals surface area contributed by atoms with E-state index in [1.54, 1.807) is 12.1 Å². The van der Waals surface area contributed by atoms with E-state index in [1.807, 2.05) is 0 Å². The third kappa shape index (κ3) is 6.08. The first-order valence-electron chi connectivity index (χ1n) is 7.87. The SMILES string of the molecule is C[C@@H](OC(=O)c1ccccc1[S@](C)=O)C(=O)Nc1ccc(OC(F)(F)F)cc1. The van der Waals surface area contributed by atoms with Crippen molar-refractivity contribution < 1.29 is 36.4 Å². The van der Waals surface area contributed by atoms with E-state index in [0.29, 0.717) is 0 Å². The summed E-state index contributed by atoms with van der Waals surface area (Å²) >= 11 is 0. The molecule has 0 saturated carbocycles. The molecule has 0 fully saturated rings. The molecule has 0 saturated heterocycles. The average Bonchev–Trinajstić information content (AvgIpc) is 2.62. The van der Waals surface area contributed by atoms with Gasteiger partial charge in [-0.25, -0.2) is 4.79 Å². The maximum Gasteiger partial charge on any atom is 0.573 e. The minimum Gasteiger partial charge on any atom is -0.449 e. The van der Waals surface area contributed by atoms with Gasteiger partial charge in [0.2, 0.25) is 0 Å². The van der Waals surface area contributed by atoms with Crippen molar-refractivity contribution in [3.05, 3.63) is 54.1 Å². The zero-order valence-electron chi connectivity index (χ0n) is 14.8. The van der Waals surface area contributed by atoms with Crippen LogP contribution in [0.1, 0.15) is 17.3 Å². The molecule has 0 aliphatic carbocycles. The number of hydrogen-bond acceptors (Lipinski definition) is 5. The van der Waals surface area contributed by atoms with Crippen molar-refractivity contribution in [3.63, 3.8) is 0 Å². The molecule has 2 atom stereocenters. The summed E-state index contributed by atoms with van der Waals surface area (Å²) in [5.74, 6) is -1.94. The fourth-order valence-electron chi connectivity index (χ4n) is 2.15. The minimum absolute atomic E-state index is 0.0802. The van der Waals surface area contributed by atoms with Gasteiger partial charge >= 0.3 is 12.3 Å². The van der Waals surface area contributed by atoms with Gasteiger partial charge in [-0.05, 0) is 43.3 Å². The van der Waals surface area contributed by atoms with Crippen LogP contribution in [0.3, 0.4) is 0 Å². The Labute approximate surface area is 161 Å². The summed E-state index contributed by atoms with van der Waals surface area (Å²) in [4.78, 5) is 24.7. The molecule has 0 bridgehead atoms. The summed E-state index contributed by atoms with van der Waals surface area (Å²) in [6.07, 6.45) is -4.60. The standard InChI is InChI=1S/C18H16F3NO5S/c1-11(26-17(24)14-5-3-4-6-15(14)28(2)25)16(23)22-12-7-9-13(10-8-12)27-18(19,20)21/h3-11H,1-2H3,(H,22,23)/t11-,28+/m1/s1. The van der Waals surface area contributed by atoms with Gasteiger partial charge in [0.15, 0.2) is 6.10 Å². The predicted octanol–water partition coefficient (Wildman–Crippen LogP) is 3.51. The van der Waals surface area contributed by atoms with Gasteiger partial charge in [-0.3, -0.25) is 9.00 Å². The van der Waals surface area contributed by atoms with Crippen molar-refractivity contribution in [1.82, 2.24) is 0 Å². The van der Waals surface area contributed by atoms with Crippen LogP contribution < -0.4 is 10.1 Å². The zero-order chi connectivity index (χ0) is 20.9. The van der Waals surface area contributed by atoms with E-state index in [-0.39, 0.29) is 16.1 Å². The molecule has 10 heteroatoms. The Balaban J connectivity index is 1.99. The quantitative estimate of drug-likeness (QED) is 0.731. The predicted molar refractivity (Wildman–Crippen MR) is 95.4 cm³/mol. The van der Waals surface area contributed by atoms with E-state index in [4.69, 9.17) is 4.74 Å². The summed E-state index contributed by atoms with van der Waals surface area (Å²) < 4.78 is 56.9. The molecule has 0 aliphatic heterocycles. The third-order valence-electron chi connectivity index (χ3n) is 3.43. The first kappa shape index (κ1) is 21.4. The number of carbonyl (C=O) groups is 2. The normalized spacial score (nSPS) is 13.3. The maximum atomic E-state index is 12.3. The summed E-state index contributed by atoms with van der Waals surface area (Å²) in [6.45, 7) is 1.33. The van der Waals surface area contributed by atoms with Crippen molar-refractivity contribution in [3.8, 4) is 5.75 Å². The molecule has 2 rings (SSSR count). The smallest absolute Gasteiger partial charge is 0.449 e. The third-order valence-corrected chi connectivity index (χ3v) is 4.40. The van der Waals surface area contributed by atoms with E-state index in [2.05, 4.69) is 10.1 Å². The average molecular weight is 415 g/mol. The Hall–Kier alpha value is -2.88. The number of anilines is 1. The molecule has 0 aromatic heterocycles. The van der Waals surface area contributed by atoms with Crippen molar-refractivity contribution in [1.29, 1.82) is 0 Å². The molecule has 150 valence electrons. The van der Waals surface area contributed by atoms with Crippen LogP contribution in [0.15, 0.2) is 53.4 Å². The van der Waals surface area contributed by atoms with Gasteiger partial charge in [0.1, 0.15) is 5.75 Å². The Bertz CT molecular complexity index is 884. The van der Waals surface area contributed by atoms with Crippen LogP contribution in [0.25, 0.3) is 0 Å². The van der Waals surface area contributed by atoms with Gasteiger partial charge < -0.3 is 14.8 Å². The number of ether oxygens (including phenoxy) is 2. The highest BCUT2D eigenvalue weighted by molar-refractivity contribution is 7.84. The number of carbonyl (C=O) groups excluding carboxylic acids is 2. The van der Waals surface area contributed by atoms with Crippen LogP contribution in [0.2, 0.25) is 0 Å². The first-order chi connectivity index (χ1) is 13.1. The number of nitrogens with one attached hydrogen (secondary N) is 1. The van der Waals surface area contributed by atoms with Crippen molar-refractivity contribution in [2.45, 2.75) is 24.3 Å². The second-order valence-electron chi connectivity index (χ2n) is 5.56. The Kier molecular flexibility index (Phi) is 6.79. The molecule has 0 heterocycles. The number of rotatable bonds is 6. The molecule has 2 aromatic carbocycles. The molecular formula is C18H16F3NO5S. The summed E-state index contributed by atoms with van der Waals surface area (Å²) in [7, 11) is -1.42. The van der Waals surface area contributed by atoms with E-state index >= 15 is 0 Å². The van der Waals surface area contributed by atoms with E-state index in [1.165, 1.54) is 37.4 Å². The molecule has 0 unspecified atom stereocenters. The summed E-state index contributed by atoms with van der Waals surface area (Å²) in [5, 5.41) is 2.41. The largest absolute Gasteiger partial charge is 0.573 e. The van der Waals surface area contributed by atoms with Crippen LogP contribution >= 0.6 is 0 Å². The molecule has 28 heavy (non-hydrogen) atoms. The van der Waals surface area contributed by atoms with Crippen molar-refractivity contribution in [2.75, 3.05) is 11.6 Å². The van der Waals surface area contributed by atoms with Gasteiger partial charge in [0.05, 0.1) is 21.3 Å². The van der Waals surface area contributed by atoms with Crippen LogP contribution in [-0.4, -0.2) is 34.8 Å². The minimum atomic E-state index is -4.81. The number of halogens is 3. The Morgan fingerprint density at radius 1 is 1.07 bits per heavy atom. The van der Waals surface area contributed by atoms with Crippen LogP contribution in [-0.2, 0) is 20.3 Å². The summed E-state index contributed by atoms with van der Waals surface area (Å²) in [5.41, 5.74) is 0.272. The highest BCUT2D eigenvalue weighted by Gasteiger charge is 2.31. The lowest BCUT2D eigenvalue weighted by Gasteiger charge is -2.15. The molecule has 6 nitrogen and oxygen atoms in total. The highest BCUT2D eigenvalue weighted by Crippen LogP contribution is 2.24. The lowest BCUT2D eigenvalue weighted by atomic mass is 10.2. The van der Waals surface area contributed by atoms with Gasteiger partial charge in [-0.1, -0.05) is 12.1 Å². The van der Waals surface area contributed by atoms with E-state index < -0.39 is 40.9 Å². The number of benzene rings is 2. The van der Waals surface area contributed by atoms with Crippen LogP contribution in [0, 0.1) is 0 Å². The van der Waals surface area contributed by atoms with Crippen LogP contribution in [0.4, 0.5) is 18.9 Å². The Morgan fingerprint density at radius 2 is 1.68 bits per heavy atom. The van der Waals surface area contributed by atoms with E-state index in [9.17, 15) is 27.0 Å². The molecule has 1 amide bonds. The highest BCUT2D eigenvalue weighted by atomic mass is 32.2. The second-order valence-corrected chi connectivity index (χ2v) is 6.91. The molecule has 1 N–H and O–H groups in total. The fourth-order valence-corrected chi connectivity index (χ4v) is 2.88. The molecular weight excluding hydrogens is 399 g/mol. The number of amides is 1. The van der Waals surface area contributed by atoms with Gasteiger partial charge in [-0.15, -0.1) is 13.2 Å².